The molecular formula is C16H28S. The Balaban J connectivity index is 2.88. The van der Waals surface area contributed by atoms with Crippen molar-refractivity contribution in [1.82, 2.24) is 0 Å². The third kappa shape index (κ3) is 3.91. The van der Waals surface area contributed by atoms with Gasteiger partial charge in [-0.3, -0.25) is 0 Å². The molecule has 0 aromatic carbocycles. The van der Waals surface area contributed by atoms with E-state index in [1.165, 1.54) is 19.3 Å². The van der Waals surface area contributed by atoms with E-state index in [0.29, 0.717) is 11.3 Å². The van der Waals surface area contributed by atoms with Crippen molar-refractivity contribution >= 4 is 12.6 Å². The van der Waals surface area contributed by atoms with Gasteiger partial charge in [-0.25, -0.2) is 0 Å². The summed E-state index contributed by atoms with van der Waals surface area (Å²) in [6.45, 7) is 11.7. The summed E-state index contributed by atoms with van der Waals surface area (Å²) in [5, 5.41) is 0. The van der Waals surface area contributed by atoms with E-state index >= 15 is 0 Å². The number of hydrogen-bond donors (Lipinski definition) is 1. The van der Waals surface area contributed by atoms with Crippen LogP contribution < -0.4 is 0 Å². The normalized spacial score (nSPS) is 26.6. The zero-order valence-corrected chi connectivity index (χ0v) is 13.0. The molecule has 0 aliphatic heterocycles. The van der Waals surface area contributed by atoms with Crippen LogP contribution in [0.4, 0.5) is 0 Å². The molecule has 2 atom stereocenters. The summed E-state index contributed by atoms with van der Waals surface area (Å²) in [6.07, 6.45) is 8.57. The molecule has 1 heteroatoms. The van der Waals surface area contributed by atoms with Gasteiger partial charge in [0.25, 0.3) is 0 Å². The molecule has 0 bridgehead atoms. The smallest absolute Gasteiger partial charge is 0.00924 e. The lowest BCUT2D eigenvalue weighted by Crippen LogP contribution is -2.23. The monoisotopic (exact) mass is 252 g/mol. The van der Waals surface area contributed by atoms with Crippen LogP contribution in [-0.2, 0) is 0 Å². The van der Waals surface area contributed by atoms with E-state index in [1.54, 1.807) is 11.1 Å². The van der Waals surface area contributed by atoms with Crippen LogP contribution in [-0.4, -0.2) is 5.75 Å². The maximum absolute atomic E-state index is 4.30. The number of thiol groups is 1. The molecule has 2 unspecified atom stereocenters. The van der Waals surface area contributed by atoms with Crippen LogP contribution >= 0.6 is 12.6 Å². The summed E-state index contributed by atoms with van der Waals surface area (Å²) in [5.74, 6) is 2.37. The number of rotatable bonds is 4. The average molecular weight is 252 g/mol. The molecule has 0 aromatic rings. The van der Waals surface area contributed by atoms with Crippen LogP contribution in [0.2, 0.25) is 0 Å². The first kappa shape index (κ1) is 14.9. The van der Waals surface area contributed by atoms with Crippen LogP contribution in [0.15, 0.2) is 23.3 Å². The van der Waals surface area contributed by atoms with Gasteiger partial charge in [0, 0.05) is 0 Å². The van der Waals surface area contributed by atoms with E-state index in [4.69, 9.17) is 0 Å². The van der Waals surface area contributed by atoms with Crippen molar-refractivity contribution in [2.45, 2.75) is 53.9 Å². The molecule has 0 fully saturated rings. The van der Waals surface area contributed by atoms with Gasteiger partial charge >= 0.3 is 0 Å². The van der Waals surface area contributed by atoms with Crippen molar-refractivity contribution in [2.75, 3.05) is 5.75 Å². The Kier molecular flexibility index (Phi) is 5.37. The van der Waals surface area contributed by atoms with Crippen LogP contribution in [0.5, 0.6) is 0 Å². The molecular weight excluding hydrogens is 224 g/mol. The zero-order chi connectivity index (χ0) is 13.1. The minimum absolute atomic E-state index is 0.355. The highest BCUT2D eigenvalue weighted by atomic mass is 32.1. The van der Waals surface area contributed by atoms with Crippen molar-refractivity contribution in [1.29, 1.82) is 0 Å². The van der Waals surface area contributed by atoms with Gasteiger partial charge in [0.05, 0.1) is 0 Å². The minimum Gasteiger partial charge on any atom is -0.179 e. The lowest BCUT2D eigenvalue weighted by Gasteiger charge is -2.36. The van der Waals surface area contributed by atoms with Crippen molar-refractivity contribution in [3.63, 3.8) is 0 Å². The highest BCUT2D eigenvalue weighted by Gasteiger charge is 2.29. The van der Waals surface area contributed by atoms with Gasteiger partial charge in [-0.15, -0.1) is 0 Å². The Morgan fingerprint density at radius 1 is 1.47 bits per heavy atom. The molecule has 1 rings (SSSR count). The molecule has 0 heterocycles. The van der Waals surface area contributed by atoms with Crippen molar-refractivity contribution in [3.05, 3.63) is 23.3 Å². The highest BCUT2D eigenvalue weighted by molar-refractivity contribution is 7.80. The molecule has 0 saturated heterocycles. The van der Waals surface area contributed by atoms with E-state index in [9.17, 15) is 0 Å². The first-order valence-corrected chi connectivity index (χ1v) is 7.52. The Bertz CT molecular complexity index is 309. The average Bonchev–Trinajstić information content (AvgIpc) is 2.24. The first-order chi connectivity index (χ1) is 7.88. The van der Waals surface area contributed by atoms with Crippen LogP contribution in [0, 0.1) is 17.3 Å². The van der Waals surface area contributed by atoms with Crippen molar-refractivity contribution in [3.8, 4) is 0 Å². The number of hydrogen-bond acceptors (Lipinski definition) is 1. The molecule has 17 heavy (non-hydrogen) atoms. The van der Waals surface area contributed by atoms with Gasteiger partial charge in [-0.2, -0.15) is 12.6 Å². The topological polar surface area (TPSA) is 0 Å². The van der Waals surface area contributed by atoms with Crippen LogP contribution in [0.25, 0.3) is 0 Å². The fourth-order valence-electron chi connectivity index (χ4n) is 2.65. The van der Waals surface area contributed by atoms with E-state index in [2.05, 4.69) is 59.4 Å². The van der Waals surface area contributed by atoms with Gasteiger partial charge in [0.1, 0.15) is 0 Å². The van der Waals surface area contributed by atoms with Gasteiger partial charge < -0.3 is 0 Å². The van der Waals surface area contributed by atoms with Crippen LogP contribution in [0.3, 0.4) is 0 Å². The van der Waals surface area contributed by atoms with Gasteiger partial charge in [-0.05, 0) is 54.8 Å². The fraction of sp³-hybridized carbons (Fsp3) is 0.750. The van der Waals surface area contributed by atoms with Gasteiger partial charge in [0.15, 0.2) is 0 Å². The molecule has 0 saturated carbocycles. The maximum Gasteiger partial charge on any atom is -0.00924 e. The second-order valence-corrected chi connectivity index (χ2v) is 6.72. The minimum atomic E-state index is 0.355. The van der Waals surface area contributed by atoms with E-state index in [0.717, 1.165) is 11.7 Å². The molecule has 0 aromatic heterocycles. The molecule has 0 amide bonds. The lowest BCUT2D eigenvalue weighted by atomic mass is 9.69. The van der Waals surface area contributed by atoms with E-state index in [1.807, 2.05) is 0 Å². The Labute approximate surface area is 113 Å². The van der Waals surface area contributed by atoms with Crippen molar-refractivity contribution < 1.29 is 0 Å². The third-order valence-electron chi connectivity index (χ3n) is 4.27. The summed E-state index contributed by atoms with van der Waals surface area (Å²) in [6, 6.07) is 0. The predicted molar refractivity (Wildman–Crippen MR) is 81.7 cm³/mol. The van der Waals surface area contributed by atoms with E-state index < -0.39 is 0 Å². The Hall–Kier alpha value is -0.170. The quantitative estimate of drug-likeness (QED) is 0.647. The molecule has 1 aliphatic carbocycles. The summed E-state index contributed by atoms with van der Waals surface area (Å²) in [4.78, 5) is 0. The standard InChI is InChI=1S/C16H28S/c1-12(9-11-17)6-7-15-14(3)13(2)8-10-16(15,4)5/h6-7,12-13,17H,8-11H2,1-5H3/b7-6+. The van der Waals surface area contributed by atoms with Gasteiger partial charge in [0.2, 0.25) is 0 Å². The summed E-state index contributed by atoms with van der Waals surface area (Å²) < 4.78 is 0. The first-order valence-electron chi connectivity index (χ1n) is 6.88. The highest BCUT2D eigenvalue weighted by Crippen LogP contribution is 2.43. The zero-order valence-electron chi connectivity index (χ0n) is 12.1. The lowest BCUT2D eigenvalue weighted by molar-refractivity contribution is 0.339. The van der Waals surface area contributed by atoms with Crippen molar-refractivity contribution in [2.24, 2.45) is 17.3 Å². The third-order valence-corrected chi connectivity index (χ3v) is 4.53. The predicted octanol–water partition coefficient (Wildman–Crippen LogP) is 5.27. The largest absolute Gasteiger partial charge is 0.179 e. The van der Waals surface area contributed by atoms with E-state index in [-0.39, 0.29) is 0 Å². The Morgan fingerprint density at radius 3 is 2.71 bits per heavy atom. The van der Waals surface area contributed by atoms with Gasteiger partial charge in [-0.1, -0.05) is 45.4 Å². The molecule has 0 spiro atoms. The fourth-order valence-corrected chi connectivity index (χ4v) is 3.05. The SMILES string of the molecule is CC1=C(/C=C/C(C)CCS)C(C)(C)CCC1C. The molecule has 0 nitrogen and oxygen atoms in total. The van der Waals surface area contributed by atoms with Crippen LogP contribution in [0.1, 0.15) is 53.9 Å². The molecule has 1 aliphatic rings. The summed E-state index contributed by atoms with van der Waals surface area (Å²) in [7, 11) is 0. The molecule has 0 N–H and O–H groups in total. The Morgan fingerprint density at radius 2 is 2.12 bits per heavy atom. The second kappa shape index (κ2) is 6.13. The second-order valence-electron chi connectivity index (χ2n) is 6.27. The molecule has 0 radical (unpaired) electrons. The molecule has 98 valence electrons. The maximum atomic E-state index is 4.30. The summed E-state index contributed by atoms with van der Waals surface area (Å²) >= 11 is 4.30. The summed E-state index contributed by atoms with van der Waals surface area (Å²) in [5.41, 5.74) is 3.52. The number of allylic oxidation sites excluding steroid dienone is 4.